The lowest BCUT2D eigenvalue weighted by Crippen LogP contribution is -2.07. The number of aromatic nitrogens is 3. The molecule has 3 aromatic rings. The van der Waals surface area contributed by atoms with E-state index in [1.807, 2.05) is 16.8 Å². The number of nitrogens with zero attached hydrogens (tertiary/aromatic N) is 3. The molecule has 0 spiro atoms. The topological polar surface area (TPSA) is 68.2 Å². The molecule has 0 aliphatic heterocycles. The van der Waals surface area contributed by atoms with Crippen molar-refractivity contribution in [1.29, 1.82) is 0 Å². The van der Waals surface area contributed by atoms with Gasteiger partial charge in [0.25, 0.3) is 0 Å². The van der Waals surface area contributed by atoms with Crippen molar-refractivity contribution in [2.24, 2.45) is 0 Å². The van der Waals surface area contributed by atoms with Gasteiger partial charge in [0, 0.05) is 24.6 Å². The molecule has 0 fully saturated rings. The molecule has 3 aromatic heterocycles. The third kappa shape index (κ3) is 2.19. The van der Waals surface area contributed by atoms with Crippen LogP contribution in [0.15, 0.2) is 36.7 Å². The second-order valence-electron chi connectivity index (χ2n) is 5.76. The lowest BCUT2D eigenvalue weighted by Gasteiger charge is -2.03. The maximum Gasteiger partial charge on any atom is 0.172 e. The van der Waals surface area contributed by atoms with Crippen molar-refractivity contribution in [3.63, 3.8) is 0 Å². The largest absolute Gasteiger partial charge is 0.394 e. The minimum Gasteiger partial charge on any atom is -0.394 e. The van der Waals surface area contributed by atoms with Crippen LogP contribution < -0.4 is 11.1 Å². The van der Waals surface area contributed by atoms with Crippen LogP contribution in [0.25, 0.3) is 5.52 Å². The lowest BCUT2D eigenvalue weighted by atomic mass is 10.2. The number of hydrogen-bond acceptors (Lipinski definition) is 4. The first-order valence-electron chi connectivity index (χ1n) is 7.74. The third-order valence-corrected chi connectivity index (χ3v) is 4.32. The number of fused-ring (bicyclic) bond motifs is 3. The van der Waals surface area contributed by atoms with Crippen molar-refractivity contribution in [3.05, 3.63) is 53.5 Å². The summed E-state index contributed by atoms with van der Waals surface area (Å²) in [5, 5.41) is 8.04. The van der Waals surface area contributed by atoms with E-state index >= 15 is 0 Å². The zero-order valence-corrected chi connectivity index (χ0v) is 12.4. The van der Waals surface area contributed by atoms with E-state index in [-0.39, 0.29) is 0 Å². The zero-order chi connectivity index (χ0) is 14.9. The van der Waals surface area contributed by atoms with Gasteiger partial charge < -0.3 is 11.1 Å². The van der Waals surface area contributed by atoms with Crippen molar-refractivity contribution in [2.45, 2.75) is 25.7 Å². The molecule has 112 valence electrons. The number of nitrogens with one attached hydrogen (secondary N) is 1. The highest BCUT2D eigenvalue weighted by molar-refractivity contribution is 5.81. The molecule has 1 aliphatic rings. The summed E-state index contributed by atoms with van der Waals surface area (Å²) in [4.78, 5) is 4.13. The van der Waals surface area contributed by atoms with Crippen LogP contribution >= 0.6 is 0 Å². The van der Waals surface area contributed by atoms with E-state index in [1.165, 1.54) is 23.2 Å². The smallest absolute Gasteiger partial charge is 0.172 e. The first kappa shape index (κ1) is 13.1. The van der Waals surface area contributed by atoms with E-state index in [0.717, 1.165) is 42.8 Å². The maximum atomic E-state index is 6.25. The molecule has 3 heterocycles. The summed E-state index contributed by atoms with van der Waals surface area (Å²) >= 11 is 0. The van der Waals surface area contributed by atoms with Crippen LogP contribution in [0.5, 0.6) is 0 Å². The molecule has 3 N–H and O–H groups in total. The molecule has 5 nitrogen and oxygen atoms in total. The molecular weight excluding hydrogens is 274 g/mol. The molecule has 0 atom stereocenters. The van der Waals surface area contributed by atoms with Crippen LogP contribution in [0.2, 0.25) is 0 Å². The van der Waals surface area contributed by atoms with Crippen LogP contribution in [-0.2, 0) is 19.3 Å². The molecular formula is C17H19N5. The monoisotopic (exact) mass is 293 g/mol. The van der Waals surface area contributed by atoms with Crippen molar-refractivity contribution < 1.29 is 0 Å². The normalized spacial score (nSPS) is 13.5. The summed E-state index contributed by atoms with van der Waals surface area (Å²) in [5.74, 6) is 0.782. The summed E-state index contributed by atoms with van der Waals surface area (Å²) in [6.07, 6.45) is 8.02. The Morgan fingerprint density at radius 2 is 2.18 bits per heavy atom. The fourth-order valence-corrected chi connectivity index (χ4v) is 3.16. The van der Waals surface area contributed by atoms with Gasteiger partial charge in [-0.1, -0.05) is 12.1 Å². The van der Waals surface area contributed by atoms with E-state index in [2.05, 4.69) is 33.6 Å². The highest BCUT2D eigenvalue weighted by atomic mass is 15.3. The van der Waals surface area contributed by atoms with Gasteiger partial charge in [-0.2, -0.15) is 0 Å². The Hall–Kier alpha value is -2.56. The second-order valence-corrected chi connectivity index (χ2v) is 5.76. The molecule has 0 aromatic carbocycles. The average Bonchev–Trinajstić information content (AvgIpc) is 3.14. The molecule has 0 saturated heterocycles. The summed E-state index contributed by atoms with van der Waals surface area (Å²) in [6, 6.07) is 8.31. The predicted molar refractivity (Wildman–Crippen MR) is 88.1 cm³/mol. The van der Waals surface area contributed by atoms with Gasteiger partial charge in [0.05, 0.1) is 5.52 Å². The number of nitrogens with two attached hydrogens (primary N) is 1. The van der Waals surface area contributed by atoms with E-state index in [9.17, 15) is 0 Å². The quantitative estimate of drug-likeness (QED) is 0.775. The Bertz CT molecular complexity index is 807. The minimum atomic E-state index is 0.737. The van der Waals surface area contributed by atoms with Gasteiger partial charge in [-0.3, -0.25) is 4.98 Å². The molecule has 0 amide bonds. The molecule has 0 radical (unpaired) electrons. The van der Waals surface area contributed by atoms with Crippen molar-refractivity contribution >= 4 is 17.0 Å². The highest BCUT2D eigenvalue weighted by Gasteiger charge is 2.18. The van der Waals surface area contributed by atoms with Crippen LogP contribution in [-0.4, -0.2) is 21.1 Å². The number of nitrogen functional groups attached to an aromatic ring is 1. The van der Waals surface area contributed by atoms with E-state index in [1.54, 1.807) is 6.20 Å². The van der Waals surface area contributed by atoms with Gasteiger partial charge >= 0.3 is 0 Å². The molecule has 4 rings (SSSR count). The number of aryl methyl sites for hydroxylation is 2. The van der Waals surface area contributed by atoms with E-state index in [4.69, 9.17) is 5.73 Å². The van der Waals surface area contributed by atoms with Gasteiger partial charge in [-0.05, 0) is 48.9 Å². The van der Waals surface area contributed by atoms with Gasteiger partial charge in [-0.15, -0.1) is 5.10 Å². The Labute approximate surface area is 129 Å². The Balaban J connectivity index is 1.56. The van der Waals surface area contributed by atoms with Crippen LogP contribution in [0.4, 0.5) is 11.5 Å². The third-order valence-electron chi connectivity index (χ3n) is 4.32. The number of anilines is 2. The van der Waals surface area contributed by atoms with Crippen molar-refractivity contribution in [1.82, 2.24) is 14.6 Å². The maximum absolute atomic E-state index is 6.25. The molecule has 1 aliphatic carbocycles. The molecule has 22 heavy (non-hydrogen) atoms. The summed E-state index contributed by atoms with van der Waals surface area (Å²) in [5.41, 5.74) is 11.9. The van der Waals surface area contributed by atoms with Crippen molar-refractivity contribution in [2.75, 3.05) is 17.6 Å². The van der Waals surface area contributed by atoms with Gasteiger partial charge in [0.2, 0.25) is 0 Å². The second kappa shape index (κ2) is 5.33. The van der Waals surface area contributed by atoms with Gasteiger partial charge in [0.15, 0.2) is 5.82 Å². The molecule has 0 saturated carbocycles. The Kier molecular flexibility index (Phi) is 3.18. The van der Waals surface area contributed by atoms with Crippen LogP contribution in [0.3, 0.4) is 0 Å². The number of rotatable bonds is 4. The zero-order valence-electron chi connectivity index (χ0n) is 12.4. The average molecular weight is 293 g/mol. The first-order chi connectivity index (χ1) is 10.8. The Morgan fingerprint density at radius 1 is 1.23 bits per heavy atom. The standard InChI is InChI=1S/C17H19N5/c18-16-15-7-6-13-4-1-5-14(13)22(15)21-17(16)20-10-8-12-3-2-9-19-11-12/h2-3,6-7,9,11H,1,4-5,8,10,18H2,(H,20,21). The van der Waals surface area contributed by atoms with Crippen LogP contribution in [0, 0.1) is 0 Å². The van der Waals surface area contributed by atoms with E-state index < -0.39 is 0 Å². The lowest BCUT2D eigenvalue weighted by molar-refractivity contribution is 0.841. The molecule has 5 heteroatoms. The number of pyridine rings is 2. The van der Waals surface area contributed by atoms with Gasteiger partial charge in [-0.25, -0.2) is 4.52 Å². The van der Waals surface area contributed by atoms with Crippen LogP contribution in [0.1, 0.15) is 23.2 Å². The summed E-state index contributed by atoms with van der Waals surface area (Å²) in [6.45, 7) is 0.794. The summed E-state index contributed by atoms with van der Waals surface area (Å²) in [7, 11) is 0. The minimum absolute atomic E-state index is 0.737. The Morgan fingerprint density at radius 3 is 3.05 bits per heavy atom. The van der Waals surface area contributed by atoms with Gasteiger partial charge in [0.1, 0.15) is 5.69 Å². The highest BCUT2D eigenvalue weighted by Crippen LogP contribution is 2.29. The fourth-order valence-electron chi connectivity index (χ4n) is 3.16. The SMILES string of the molecule is Nc1c(NCCc2cccnc2)nn2c3c(ccc12)CCC3. The predicted octanol–water partition coefficient (Wildman–Crippen LogP) is 2.45. The summed E-state index contributed by atoms with van der Waals surface area (Å²) < 4.78 is 2.02. The molecule has 0 unspecified atom stereocenters. The molecule has 0 bridgehead atoms. The first-order valence-corrected chi connectivity index (χ1v) is 7.74. The van der Waals surface area contributed by atoms with Crippen molar-refractivity contribution in [3.8, 4) is 0 Å². The number of hydrogen-bond donors (Lipinski definition) is 2. The van der Waals surface area contributed by atoms with E-state index in [0.29, 0.717) is 0 Å². The fraction of sp³-hybridized carbons (Fsp3) is 0.294.